The van der Waals surface area contributed by atoms with Crippen molar-refractivity contribution in [3.05, 3.63) is 77.4 Å². The van der Waals surface area contributed by atoms with Crippen LogP contribution in [0.5, 0.6) is 0 Å². The minimum atomic E-state index is -0.637. The van der Waals surface area contributed by atoms with Crippen molar-refractivity contribution in [3.8, 4) is 0 Å². The highest BCUT2D eigenvalue weighted by atomic mass is 19.1. The van der Waals surface area contributed by atoms with Crippen molar-refractivity contribution in [3.63, 3.8) is 0 Å². The predicted octanol–water partition coefficient (Wildman–Crippen LogP) is 3.18. The van der Waals surface area contributed by atoms with Gasteiger partial charge in [0.2, 0.25) is 5.95 Å². The summed E-state index contributed by atoms with van der Waals surface area (Å²) in [5.41, 5.74) is 1.72. The van der Waals surface area contributed by atoms with E-state index in [1.807, 2.05) is 13.0 Å². The van der Waals surface area contributed by atoms with Crippen molar-refractivity contribution in [1.82, 2.24) is 20.2 Å². The number of halogens is 2. The van der Waals surface area contributed by atoms with Crippen LogP contribution in [0, 0.1) is 11.6 Å². The number of anilines is 1. The molecule has 0 amide bonds. The second-order valence-electron chi connectivity index (χ2n) is 5.79. The number of rotatable bonds is 2. The maximum absolute atomic E-state index is 13.2. The molecular weight excluding hydrogens is 312 g/mol. The summed E-state index contributed by atoms with van der Waals surface area (Å²) in [6.07, 6.45) is 1.94. The molecule has 1 atom stereocenters. The standard InChI is InChI=1S/C17H13F2N5/c1-17(12-4-8-14(19)9-5-12)10-15(11-2-6-13(18)7-3-11)24-16(20-17)21-22-23-24/h2-10H,1H3,(H,20,21,23). The Morgan fingerprint density at radius 2 is 1.58 bits per heavy atom. The fraction of sp³-hybridized carbons (Fsp3) is 0.118. The van der Waals surface area contributed by atoms with E-state index in [0.717, 1.165) is 16.8 Å². The summed E-state index contributed by atoms with van der Waals surface area (Å²) < 4.78 is 28.0. The third-order valence-electron chi connectivity index (χ3n) is 4.08. The van der Waals surface area contributed by atoms with Crippen molar-refractivity contribution in [2.75, 3.05) is 5.32 Å². The number of aromatic nitrogens is 4. The van der Waals surface area contributed by atoms with Crippen LogP contribution in [0.3, 0.4) is 0 Å². The van der Waals surface area contributed by atoms with Gasteiger partial charge in [-0.25, -0.2) is 8.78 Å². The highest BCUT2D eigenvalue weighted by molar-refractivity contribution is 5.72. The van der Waals surface area contributed by atoms with Crippen molar-refractivity contribution in [2.45, 2.75) is 12.5 Å². The topological polar surface area (TPSA) is 55.6 Å². The van der Waals surface area contributed by atoms with E-state index in [2.05, 4.69) is 20.8 Å². The highest BCUT2D eigenvalue weighted by Crippen LogP contribution is 2.35. The molecule has 0 radical (unpaired) electrons. The maximum Gasteiger partial charge on any atom is 0.248 e. The summed E-state index contributed by atoms with van der Waals surface area (Å²) in [7, 11) is 0. The molecule has 1 N–H and O–H groups in total. The lowest BCUT2D eigenvalue weighted by molar-refractivity contribution is 0.617. The van der Waals surface area contributed by atoms with Gasteiger partial charge in [-0.1, -0.05) is 17.2 Å². The molecule has 7 heteroatoms. The zero-order valence-corrected chi connectivity index (χ0v) is 12.7. The van der Waals surface area contributed by atoms with Crippen LogP contribution in [0.4, 0.5) is 14.7 Å². The minimum absolute atomic E-state index is 0.300. The molecule has 1 aliphatic rings. The van der Waals surface area contributed by atoms with Crippen LogP contribution in [0.2, 0.25) is 0 Å². The van der Waals surface area contributed by atoms with Crippen LogP contribution >= 0.6 is 0 Å². The molecule has 2 aromatic carbocycles. The molecule has 0 saturated heterocycles. The predicted molar refractivity (Wildman–Crippen MR) is 85.0 cm³/mol. The van der Waals surface area contributed by atoms with E-state index < -0.39 is 5.54 Å². The molecule has 2 heterocycles. The van der Waals surface area contributed by atoms with Crippen LogP contribution in [0.1, 0.15) is 18.1 Å². The van der Waals surface area contributed by atoms with Crippen molar-refractivity contribution in [1.29, 1.82) is 0 Å². The van der Waals surface area contributed by atoms with E-state index in [0.29, 0.717) is 5.95 Å². The molecule has 0 fully saturated rings. The second kappa shape index (κ2) is 5.23. The van der Waals surface area contributed by atoms with Crippen molar-refractivity contribution < 1.29 is 8.78 Å². The van der Waals surface area contributed by atoms with Gasteiger partial charge >= 0.3 is 0 Å². The molecule has 0 aliphatic carbocycles. The summed E-state index contributed by atoms with van der Waals surface area (Å²) in [5, 5.41) is 14.9. The largest absolute Gasteiger partial charge is 0.340 e. The zero-order chi connectivity index (χ0) is 16.7. The number of tetrazole rings is 1. The van der Waals surface area contributed by atoms with Gasteiger partial charge in [-0.2, -0.15) is 4.68 Å². The molecule has 5 nitrogen and oxygen atoms in total. The van der Waals surface area contributed by atoms with Crippen LogP contribution in [-0.4, -0.2) is 20.2 Å². The first kappa shape index (κ1) is 14.5. The monoisotopic (exact) mass is 325 g/mol. The third-order valence-corrected chi connectivity index (χ3v) is 4.08. The normalized spacial score (nSPS) is 19.4. The third kappa shape index (κ3) is 2.34. The first-order valence-electron chi connectivity index (χ1n) is 7.37. The first-order valence-corrected chi connectivity index (χ1v) is 7.37. The molecule has 24 heavy (non-hydrogen) atoms. The average molecular weight is 325 g/mol. The fourth-order valence-corrected chi connectivity index (χ4v) is 2.81. The van der Waals surface area contributed by atoms with Crippen molar-refractivity contribution >= 4 is 11.6 Å². The molecule has 1 unspecified atom stereocenters. The molecule has 0 bridgehead atoms. The smallest absolute Gasteiger partial charge is 0.248 e. The fourth-order valence-electron chi connectivity index (χ4n) is 2.81. The number of fused-ring (bicyclic) bond motifs is 1. The van der Waals surface area contributed by atoms with Gasteiger partial charge in [0.25, 0.3) is 0 Å². The molecule has 120 valence electrons. The lowest BCUT2D eigenvalue weighted by Crippen LogP contribution is -2.35. The van der Waals surface area contributed by atoms with Gasteiger partial charge in [0.05, 0.1) is 11.2 Å². The highest BCUT2D eigenvalue weighted by Gasteiger charge is 2.32. The summed E-state index contributed by atoms with van der Waals surface area (Å²) in [6.45, 7) is 1.95. The van der Waals surface area contributed by atoms with E-state index in [4.69, 9.17) is 0 Å². The Bertz CT molecular complexity index is 915. The summed E-state index contributed by atoms with van der Waals surface area (Å²) in [4.78, 5) is 0. The number of benzene rings is 2. The molecule has 1 aromatic heterocycles. The quantitative estimate of drug-likeness (QED) is 0.786. The molecule has 3 aromatic rings. The molecule has 1 aliphatic heterocycles. The lowest BCUT2D eigenvalue weighted by atomic mass is 9.89. The molecular formula is C17H13F2N5. The lowest BCUT2D eigenvalue weighted by Gasteiger charge is -2.33. The SMILES string of the molecule is CC1(c2ccc(F)cc2)C=C(c2ccc(F)cc2)n2nnnc2N1. The van der Waals surface area contributed by atoms with Gasteiger partial charge < -0.3 is 5.32 Å². The van der Waals surface area contributed by atoms with Gasteiger partial charge in [0, 0.05) is 5.56 Å². The van der Waals surface area contributed by atoms with Crippen molar-refractivity contribution in [2.24, 2.45) is 0 Å². The minimum Gasteiger partial charge on any atom is -0.340 e. The van der Waals surface area contributed by atoms with Gasteiger partial charge in [-0.15, -0.1) is 0 Å². The van der Waals surface area contributed by atoms with E-state index in [9.17, 15) is 8.78 Å². The average Bonchev–Trinajstić information content (AvgIpc) is 3.03. The Labute approximate surface area is 136 Å². The number of nitrogens with one attached hydrogen (secondary N) is 1. The molecule has 0 spiro atoms. The van der Waals surface area contributed by atoms with E-state index in [-0.39, 0.29) is 11.6 Å². The van der Waals surface area contributed by atoms with Crippen LogP contribution in [0.15, 0.2) is 54.6 Å². The Morgan fingerprint density at radius 1 is 0.958 bits per heavy atom. The Kier molecular flexibility index (Phi) is 3.16. The van der Waals surface area contributed by atoms with E-state index in [1.54, 1.807) is 28.9 Å². The van der Waals surface area contributed by atoms with Crippen LogP contribution in [-0.2, 0) is 5.54 Å². The zero-order valence-electron chi connectivity index (χ0n) is 12.7. The van der Waals surface area contributed by atoms with E-state index in [1.165, 1.54) is 24.3 Å². The number of nitrogens with zero attached hydrogens (tertiary/aromatic N) is 4. The van der Waals surface area contributed by atoms with Gasteiger partial charge in [0.1, 0.15) is 11.6 Å². The maximum atomic E-state index is 13.2. The van der Waals surface area contributed by atoms with Gasteiger partial charge in [-0.05, 0) is 65.4 Å². The number of hydrogen-bond acceptors (Lipinski definition) is 4. The van der Waals surface area contributed by atoms with Crippen LogP contribution in [0.25, 0.3) is 5.70 Å². The first-order chi connectivity index (χ1) is 11.5. The van der Waals surface area contributed by atoms with Crippen LogP contribution < -0.4 is 5.32 Å². The van der Waals surface area contributed by atoms with E-state index >= 15 is 0 Å². The molecule has 4 rings (SSSR count). The molecule has 0 saturated carbocycles. The Balaban J connectivity index is 1.87. The number of hydrogen-bond donors (Lipinski definition) is 1. The Hall–Kier alpha value is -3.09. The van der Waals surface area contributed by atoms with Gasteiger partial charge in [-0.3, -0.25) is 0 Å². The summed E-state index contributed by atoms with van der Waals surface area (Å²) >= 11 is 0. The second-order valence-corrected chi connectivity index (χ2v) is 5.79. The van der Waals surface area contributed by atoms with Gasteiger partial charge in [0.15, 0.2) is 0 Å². The summed E-state index contributed by atoms with van der Waals surface area (Å²) in [5.74, 6) is -0.152. The summed E-state index contributed by atoms with van der Waals surface area (Å²) in [6, 6.07) is 12.3. The Morgan fingerprint density at radius 3 is 2.25 bits per heavy atom.